The molecule has 0 bridgehead atoms. The van der Waals surface area contributed by atoms with Crippen LogP contribution in [0, 0.1) is 19.3 Å². The Hall–Kier alpha value is -0.910. The van der Waals surface area contributed by atoms with Crippen molar-refractivity contribution in [3.05, 3.63) is 29.3 Å². The van der Waals surface area contributed by atoms with E-state index in [-0.39, 0.29) is 11.5 Å². The van der Waals surface area contributed by atoms with Crippen LogP contribution in [0.4, 0.5) is 0 Å². The molecule has 1 heterocycles. The second-order valence-electron chi connectivity index (χ2n) is 7.17. The molecule has 0 amide bonds. The highest BCUT2D eigenvalue weighted by Gasteiger charge is 2.48. The normalized spacial score (nSPS) is 29.3. The van der Waals surface area contributed by atoms with Gasteiger partial charge in [0.25, 0.3) is 0 Å². The molecule has 4 nitrogen and oxygen atoms in total. The SMILES string of the molecule is CO[C@@H]1CCC[C@]12CCCN(S(=O)(=O)c1ccc(C)c(C)c1)C2. The van der Waals surface area contributed by atoms with E-state index in [1.165, 1.54) is 0 Å². The van der Waals surface area contributed by atoms with Crippen molar-refractivity contribution < 1.29 is 13.2 Å². The van der Waals surface area contributed by atoms with Crippen molar-refractivity contribution in [2.45, 2.75) is 57.0 Å². The van der Waals surface area contributed by atoms with E-state index in [0.717, 1.165) is 43.2 Å². The molecule has 2 aliphatic rings. The lowest BCUT2D eigenvalue weighted by atomic mass is 9.77. The predicted molar refractivity (Wildman–Crippen MR) is 91.0 cm³/mol. The number of ether oxygens (including phenoxy) is 1. The summed E-state index contributed by atoms with van der Waals surface area (Å²) >= 11 is 0. The molecule has 0 unspecified atom stereocenters. The summed E-state index contributed by atoms with van der Waals surface area (Å²) in [5.41, 5.74) is 2.16. The lowest BCUT2D eigenvalue weighted by molar-refractivity contribution is -0.0184. The average molecular weight is 337 g/mol. The Labute approximate surface area is 139 Å². The maximum atomic E-state index is 13.1. The van der Waals surface area contributed by atoms with E-state index >= 15 is 0 Å². The van der Waals surface area contributed by atoms with Gasteiger partial charge in [0.1, 0.15) is 0 Å². The van der Waals surface area contributed by atoms with Gasteiger partial charge in [0, 0.05) is 25.6 Å². The van der Waals surface area contributed by atoms with Crippen LogP contribution in [0.3, 0.4) is 0 Å². The predicted octanol–water partition coefficient (Wildman–Crippen LogP) is 3.27. The van der Waals surface area contributed by atoms with Gasteiger partial charge in [0.05, 0.1) is 11.0 Å². The van der Waals surface area contributed by atoms with Gasteiger partial charge in [-0.1, -0.05) is 12.5 Å². The van der Waals surface area contributed by atoms with Crippen molar-refractivity contribution in [1.29, 1.82) is 0 Å². The van der Waals surface area contributed by atoms with Crippen molar-refractivity contribution in [3.8, 4) is 0 Å². The third-order valence-corrected chi connectivity index (χ3v) is 7.64. The van der Waals surface area contributed by atoms with Crippen LogP contribution in [0.25, 0.3) is 0 Å². The summed E-state index contributed by atoms with van der Waals surface area (Å²) in [6, 6.07) is 5.44. The van der Waals surface area contributed by atoms with Crippen LogP contribution in [0.5, 0.6) is 0 Å². The number of rotatable bonds is 3. The van der Waals surface area contributed by atoms with E-state index in [2.05, 4.69) is 0 Å². The van der Waals surface area contributed by atoms with Crippen molar-refractivity contribution in [3.63, 3.8) is 0 Å². The monoisotopic (exact) mass is 337 g/mol. The summed E-state index contributed by atoms with van der Waals surface area (Å²) in [6.45, 7) is 5.18. The highest BCUT2D eigenvalue weighted by atomic mass is 32.2. The fraction of sp³-hybridized carbons (Fsp3) is 0.667. The average Bonchev–Trinajstić information content (AvgIpc) is 2.91. The van der Waals surface area contributed by atoms with E-state index in [1.54, 1.807) is 23.5 Å². The molecule has 0 radical (unpaired) electrons. The molecule has 1 saturated heterocycles. The highest BCUT2D eigenvalue weighted by molar-refractivity contribution is 7.89. The molecule has 1 aliphatic carbocycles. The Morgan fingerprint density at radius 2 is 1.91 bits per heavy atom. The Bertz CT molecular complexity index is 686. The van der Waals surface area contributed by atoms with Crippen molar-refractivity contribution in [2.24, 2.45) is 5.41 Å². The molecular weight excluding hydrogens is 310 g/mol. The number of sulfonamides is 1. The minimum atomic E-state index is -3.42. The van der Waals surface area contributed by atoms with Crippen LogP contribution in [-0.2, 0) is 14.8 Å². The first-order chi connectivity index (χ1) is 10.9. The van der Waals surface area contributed by atoms with Gasteiger partial charge in [-0.2, -0.15) is 4.31 Å². The summed E-state index contributed by atoms with van der Waals surface area (Å²) < 4.78 is 33.5. The summed E-state index contributed by atoms with van der Waals surface area (Å²) in [7, 11) is -1.66. The molecule has 1 aliphatic heterocycles. The van der Waals surface area contributed by atoms with Crippen molar-refractivity contribution >= 4 is 10.0 Å². The molecule has 128 valence electrons. The molecule has 1 aromatic rings. The van der Waals surface area contributed by atoms with Crippen LogP contribution >= 0.6 is 0 Å². The number of hydrogen-bond donors (Lipinski definition) is 0. The highest BCUT2D eigenvalue weighted by Crippen LogP contribution is 2.47. The number of hydrogen-bond acceptors (Lipinski definition) is 3. The summed E-state index contributed by atoms with van der Waals surface area (Å²) in [5, 5.41) is 0. The van der Waals surface area contributed by atoms with Gasteiger partial charge >= 0.3 is 0 Å². The minimum absolute atomic E-state index is 0.0137. The zero-order valence-electron chi connectivity index (χ0n) is 14.3. The van der Waals surface area contributed by atoms with Gasteiger partial charge in [0.2, 0.25) is 10.0 Å². The molecule has 0 N–H and O–H groups in total. The lowest BCUT2D eigenvalue weighted by Crippen LogP contribution is -2.49. The first kappa shape index (κ1) is 16.9. The lowest BCUT2D eigenvalue weighted by Gasteiger charge is -2.43. The molecular formula is C18H27NO3S. The van der Waals surface area contributed by atoms with Crippen molar-refractivity contribution in [2.75, 3.05) is 20.2 Å². The fourth-order valence-electron chi connectivity index (χ4n) is 4.29. The largest absolute Gasteiger partial charge is 0.381 e. The molecule has 5 heteroatoms. The van der Waals surface area contributed by atoms with Gasteiger partial charge in [-0.05, 0) is 62.8 Å². The van der Waals surface area contributed by atoms with Crippen LogP contribution in [0.15, 0.2) is 23.1 Å². The zero-order valence-corrected chi connectivity index (χ0v) is 15.2. The van der Waals surface area contributed by atoms with Crippen molar-refractivity contribution in [1.82, 2.24) is 4.31 Å². The fourth-order valence-corrected chi connectivity index (χ4v) is 5.95. The Balaban J connectivity index is 1.89. The molecule has 0 aromatic heterocycles. The Kier molecular flexibility index (Phi) is 4.55. The van der Waals surface area contributed by atoms with E-state index in [0.29, 0.717) is 18.0 Å². The summed E-state index contributed by atoms with van der Waals surface area (Å²) in [6.07, 6.45) is 5.45. The van der Waals surface area contributed by atoms with Gasteiger partial charge in [-0.15, -0.1) is 0 Å². The number of piperidine rings is 1. The summed E-state index contributed by atoms with van der Waals surface area (Å²) in [4.78, 5) is 0.421. The molecule has 3 rings (SSSR count). The summed E-state index contributed by atoms with van der Waals surface area (Å²) in [5.74, 6) is 0. The van der Waals surface area contributed by atoms with Gasteiger partial charge in [-0.25, -0.2) is 8.42 Å². The number of methoxy groups -OCH3 is 1. The maximum absolute atomic E-state index is 13.1. The standard InChI is InChI=1S/C18H27NO3S/c1-14-7-8-16(12-15(14)2)23(20,21)19-11-5-10-18(13-19)9-4-6-17(18)22-3/h7-8,12,17H,4-6,9-11,13H2,1-3H3/t17-,18-/m1/s1. The maximum Gasteiger partial charge on any atom is 0.243 e. The second-order valence-corrected chi connectivity index (χ2v) is 9.11. The number of nitrogens with zero attached hydrogens (tertiary/aromatic N) is 1. The van der Waals surface area contributed by atoms with Gasteiger partial charge in [0.15, 0.2) is 0 Å². The number of benzene rings is 1. The quantitative estimate of drug-likeness (QED) is 0.850. The van der Waals surface area contributed by atoms with Crippen LogP contribution in [0.2, 0.25) is 0 Å². The van der Waals surface area contributed by atoms with Crippen LogP contribution in [0.1, 0.15) is 43.2 Å². The van der Waals surface area contributed by atoms with E-state index in [4.69, 9.17) is 4.74 Å². The Morgan fingerprint density at radius 3 is 2.61 bits per heavy atom. The van der Waals surface area contributed by atoms with E-state index in [1.807, 2.05) is 19.9 Å². The van der Waals surface area contributed by atoms with E-state index in [9.17, 15) is 8.42 Å². The third-order valence-electron chi connectivity index (χ3n) is 5.80. The molecule has 1 spiro atoms. The number of aryl methyl sites for hydroxylation is 2. The zero-order chi connectivity index (χ0) is 16.7. The first-order valence-corrected chi connectivity index (χ1v) is 9.93. The molecule has 23 heavy (non-hydrogen) atoms. The Morgan fingerprint density at radius 1 is 1.17 bits per heavy atom. The van der Waals surface area contributed by atoms with Gasteiger partial charge in [-0.3, -0.25) is 0 Å². The van der Waals surface area contributed by atoms with Crippen LogP contribution in [-0.4, -0.2) is 39.0 Å². The van der Waals surface area contributed by atoms with Gasteiger partial charge < -0.3 is 4.74 Å². The second kappa shape index (κ2) is 6.19. The molecule has 2 fully saturated rings. The van der Waals surface area contributed by atoms with Crippen LogP contribution < -0.4 is 0 Å². The topological polar surface area (TPSA) is 46.6 Å². The first-order valence-electron chi connectivity index (χ1n) is 8.49. The van der Waals surface area contributed by atoms with E-state index < -0.39 is 10.0 Å². The molecule has 2 atom stereocenters. The third kappa shape index (κ3) is 2.94. The molecule has 1 aromatic carbocycles. The minimum Gasteiger partial charge on any atom is -0.381 e. The smallest absolute Gasteiger partial charge is 0.243 e. The molecule has 1 saturated carbocycles.